The number of nitrogens with zero attached hydrogens (tertiary/aromatic N) is 6. The third-order valence-electron chi connectivity index (χ3n) is 7.26. The summed E-state index contributed by atoms with van der Waals surface area (Å²) in [6, 6.07) is 27.0. The fourth-order valence-corrected chi connectivity index (χ4v) is 5.09. The maximum Gasteiger partial charge on any atom is 0.170 e. The highest BCUT2D eigenvalue weighted by Gasteiger charge is 2.34. The molecule has 0 aliphatic heterocycles. The lowest BCUT2D eigenvalue weighted by Crippen LogP contribution is -2.43. The summed E-state index contributed by atoms with van der Waals surface area (Å²) in [6.45, 7) is 0. The van der Waals surface area contributed by atoms with E-state index < -0.39 is 0 Å². The molecule has 0 bridgehead atoms. The minimum atomic E-state index is -0.185. The van der Waals surface area contributed by atoms with E-state index in [1.54, 1.807) is 12.4 Å². The summed E-state index contributed by atoms with van der Waals surface area (Å²) in [6.07, 6.45) is 6.63. The Labute approximate surface area is 207 Å². The Balaban J connectivity index is 1.47. The van der Waals surface area contributed by atoms with Gasteiger partial charge in [-0.3, -0.25) is 4.40 Å². The van der Waals surface area contributed by atoms with Crippen LogP contribution in [0, 0.1) is 0 Å². The van der Waals surface area contributed by atoms with E-state index in [4.69, 9.17) is 10.7 Å². The van der Waals surface area contributed by atoms with Gasteiger partial charge in [0.1, 0.15) is 0 Å². The van der Waals surface area contributed by atoms with Gasteiger partial charge in [-0.2, -0.15) is 10.2 Å². The van der Waals surface area contributed by atoms with Crippen LogP contribution in [-0.4, -0.2) is 29.8 Å². The Morgan fingerprint density at radius 1 is 0.778 bits per heavy atom. The summed E-state index contributed by atoms with van der Waals surface area (Å²) >= 11 is 0. The fraction of sp³-hybridized carbons (Fsp3) is 0.138. The summed E-state index contributed by atoms with van der Waals surface area (Å²) in [5.74, 6) is 0.706. The molecule has 174 valence electrons. The van der Waals surface area contributed by atoms with Crippen LogP contribution >= 0.6 is 0 Å². The van der Waals surface area contributed by atoms with Crippen molar-refractivity contribution in [3.8, 4) is 33.8 Å². The molecule has 2 aromatic carbocycles. The highest BCUT2D eigenvalue weighted by molar-refractivity contribution is 5.92. The van der Waals surface area contributed by atoms with Gasteiger partial charge in [-0.15, -0.1) is 10.2 Å². The first kappa shape index (κ1) is 20.8. The maximum absolute atomic E-state index is 6.57. The van der Waals surface area contributed by atoms with E-state index in [2.05, 4.69) is 75.0 Å². The minimum Gasteiger partial charge on any atom is -0.321 e. The predicted molar refractivity (Wildman–Crippen MR) is 140 cm³/mol. The van der Waals surface area contributed by atoms with Crippen molar-refractivity contribution < 1.29 is 0 Å². The van der Waals surface area contributed by atoms with Gasteiger partial charge in [0, 0.05) is 22.2 Å². The lowest BCUT2D eigenvalue weighted by Gasteiger charge is -2.38. The van der Waals surface area contributed by atoms with Crippen LogP contribution in [0.25, 0.3) is 50.5 Å². The molecule has 0 unspecified atom stereocenters. The number of aromatic nitrogens is 6. The third kappa shape index (κ3) is 3.28. The SMILES string of the molecule is NC1(c2ccc(-c3nc4ccc5nnc(-c6ccnnc6)n5c4cc3-c3ccccc3)cc2)CCC1. The monoisotopic (exact) mass is 469 g/mol. The van der Waals surface area contributed by atoms with Crippen molar-refractivity contribution in [2.45, 2.75) is 24.8 Å². The largest absolute Gasteiger partial charge is 0.321 e. The quantitative estimate of drug-likeness (QED) is 0.371. The van der Waals surface area contributed by atoms with E-state index in [1.807, 2.05) is 28.7 Å². The van der Waals surface area contributed by atoms with Crippen molar-refractivity contribution >= 4 is 16.7 Å². The summed E-state index contributed by atoms with van der Waals surface area (Å²) in [5, 5.41) is 16.8. The molecule has 7 heteroatoms. The zero-order chi connectivity index (χ0) is 24.1. The molecule has 1 aliphatic rings. The van der Waals surface area contributed by atoms with Gasteiger partial charge in [-0.25, -0.2) is 4.98 Å². The average Bonchev–Trinajstić information content (AvgIpc) is 3.37. The van der Waals surface area contributed by atoms with Crippen LogP contribution in [0.3, 0.4) is 0 Å². The minimum absolute atomic E-state index is 0.185. The van der Waals surface area contributed by atoms with Crippen LogP contribution < -0.4 is 5.73 Å². The highest BCUT2D eigenvalue weighted by Crippen LogP contribution is 2.40. The number of hydrogen-bond acceptors (Lipinski definition) is 6. The molecule has 6 aromatic rings. The first-order valence-corrected chi connectivity index (χ1v) is 12.1. The number of fused-ring (bicyclic) bond motifs is 3. The molecule has 1 aliphatic carbocycles. The Morgan fingerprint density at radius 2 is 1.61 bits per heavy atom. The van der Waals surface area contributed by atoms with Gasteiger partial charge in [0.2, 0.25) is 0 Å². The standard InChI is InChI=1S/C29H23N7/c30-29(14-4-15-29)22-9-7-20(8-10-22)27-23(19-5-2-1-3-6-19)17-25-24(33-27)11-12-26-34-35-28(36(25)26)21-13-16-31-32-18-21/h1-3,5-13,16-18H,4,14-15,30H2. The molecule has 4 heterocycles. The van der Waals surface area contributed by atoms with E-state index in [1.165, 1.54) is 12.0 Å². The summed E-state index contributed by atoms with van der Waals surface area (Å²) in [5.41, 5.74) is 15.1. The molecule has 0 saturated heterocycles. The summed E-state index contributed by atoms with van der Waals surface area (Å²) in [4.78, 5) is 5.18. The van der Waals surface area contributed by atoms with Crippen LogP contribution in [0.1, 0.15) is 24.8 Å². The van der Waals surface area contributed by atoms with Gasteiger partial charge in [0.25, 0.3) is 0 Å². The molecule has 2 N–H and O–H groups in total. The van der Waals surface area contributed by atoms with E-state index in [-0.39, 0.29) is 5.54 Å². The second-order valence-corrected chi connectivity index (χ2v) is 9.42. The van der Waals surface area contributed by atoms with Gasteiger partial charge in [-0.1, -0.05) is 54.6 Å². The molecule has 4 aromatic heterocycles. The predicted octanol–water partition coefficient (Wildman–Crippen LogP) is 5.41. The Kier molecular flexibility index (Phi) is 4.65. The first-order valence-electron chi connectivity index (χ1n) is 12.1. The van der Waals surface area contributed by atoms with Gasteiger partial charge in [0.15, 0.2) is 11.5 Å². The third-order valence-corrected chi connectivity index (χ3v) is 7.26. The molecule has 1 fully saturated rings. The average molecular weight is 470 g/mol. The van der Waals surface area contributed by atoms with Gasteiger partial charge < -0.3 is 5.73 Å². The molecular formula is C29H23N7. The molecule has 7 nitrogen and oxygen atoms in total. The van der Waals surface area contributed by atoms with Crippen LogP contribution in [-0.2, 0) is 5.54 Å². The second kappa shape index (κ2) is 8.03. The first-order chi connectivity index (χ1) is 17.7. The zero-order valence-corrected chi connectivity index (χ0v) is 19.5. The van der Waals surface area contributed by atoms with Crippen LogP contribution in [0.15, 0.2) is 91.3 Å². The Hall–Kier alpha value is -4.49. The Morgan fingerprint density at radius 3 is 2.33 bits per heavy atom. The van der Waals surface area contributed by atoms with Gasteiger partial charge in [-0.05, 0) is 54.7 Å². The molecule has 0 amide bonds. The highest BCUT2D eigenvalue weighted by atomic mass is 15.3. The van der Waals surface area contributed by atoms with E-state index in [0.717, 1.165) is 57.5 Å². The van der Waals surface area contributed by atoms with Crippen molar-refractivity contribution in [3.63, 3.8) is 0 Å². The van der Waals surface area contributed by atoms with E-state index in [0.29, 0.717) is 5.82 Å². The normalized spacial score (nSPS) is 14.7. The van der Waals surface area contributed by atoms with Crippen LogP contribution in [0.4, 0.5) is 0 Å². The second-order valence-electron chi connectivity index (χ2n) is 9.42. The molecule has 36 heavy (non-hydrogen) atoms. The van der Waals surface area contributed by atoms with Crippen LogP contribution in [0.5, 0.6) is 0 Å². The molecular weight excluding hydrogens is 446 g/mol. The van der Waals surface area contributed by atoms with Crippen molar-refractivity contribution in [3.05, 3.63) is 96.8 Å². The number of rotatable bonds is 4. The summed E-state index contributed by atoms with van der Waals surface area (Å²) in [7, 11) is 0. The summed E-state index contributed by atoms with van der Waals surface area (Å²) < 4.78 is 2.04. The van der Waals surface area contributed by atoms with E-state index in [9.17, 15) is 0 Å². The number of benzene rings is 2. The number of pyridine rings is 2. The number of nitrogens with two attached hydrogens (primary N) is 1. The lowest BCUT2D eigenvalue weighted by molar-refractivity contribution is 0.253. The molecule has 7 rings (SSSR count). The topological polar surface area (TPSA) is 94.9 Å². The molecule has 0 spiro atoms. The molecule has 0 radical (unpaired) electrons. The van der Waals surface area contributed by atoms with Crippen molar-refractivity contribution in [1.82, 2.24) is 29.8 Å². The molecule has 1 saturated carbocycles. The van der Waals surface area contributed by atoms with E-state index >= 15 is 0 Å². The maximum atomic E-state index is 6.57. The smallest absolute Gasteiger partial charge is 0.170 e. The fourth-order valence-electron chi connectivity index (χ4n) is 5.09. The molecule has 0 atom stereocenters. The Bertz CT molecular complexity index is 1700. The van der Waals surface area contributed by atoms with Crippen molar-refractivity contribution in [2.24, 2.45) is 5.73 Å². The van der Waals surface area contributed by atoms with Crippen molar-refractivity contribution in [1.29, 1.82) is 0 Å². The van der Waals surface area contributed by atoms with Crippen LogP contribution in [0.2, 0.25) is 0 Å². The van der Waals surface area contributed by atoms with Crippen molar-refractivity contribution in [2.75, 3.05) is 0 Å². The van der Waals surface area contributed by atoms with Gasteiger partial charge >= 0.3 is 0 Å². The lowest BCUT2D eigenvalue weighted by atomic mass is 9.72. The number of hydrogen-bond donors (Lipinski definition) is 1. The van der Waals surface area contributed by atoms with Gasteiger partial charge in [0.05, 0.1) is 29.1 Å². The zero-order valence-electron chi connectivity index (χ0n) is 19.5.